The molecule has 1 aliphatic heterocycles. The minimum Gasteiger partial charge on any atom is -0.632 e. The van der Waals surface area contributed by atoms with Crippen molar-refractivity contribution < 1.29 is 9.75 Å². The molecule has 3 nitrogen and oxygen atoms in total. The molecule has 1 fully saturated rings. The van der Waals surface area contributed by atoms with Crippen LogP contribution in [0.15, 0.2) is 30.3 Å². The van der Waals surface area contributed by atoms with E-state index in [4.69, 9.17) is 0 Å². The fourth-order valence-corrected chi connectivity index (χ4v) is 2.41. The molecule has 0 radical (unpaired) electrons. The highest BCUT2D eigenvalue weighted by Crippen LogP contribution is 2.27. The molecular formula is C13H19NO2. The fraction of sp³-hybridized carbons (Fsp3) is 0.538. The zero-order valence-electron chi connectivity index (χ0n) is 9.67. The van der Waals surface area contributed by atoms with Crippen molar-refractivity contribution in [1.82, 2.24) is 0 Å². The SMILES string of the molecule is C[C@H]1CC[C@H](O)C[N@+]1([O-])Cc1ccccc1. The molecule has 0 unspecified atom stereocenters. The molecule has 0 saturated carbocycles. The Morgan fingerprint density at radius 1 is 1.31 bits per heavy atom. The summed E-state index contributed by atoms with van der Waals surface area (Å²) < 4.78 is -0.287. The van der Waals surface area contributed by atoms with Gasteiger partial charge in [-0.05, 0) is 13.3 Å². The number of piperidine rings is 1. The molecule has 0 spiro atoms. The number of hydrogen-bond donors (Lipinski definition) is 1. The summed E-state index contributed by atoms with van der Waals surface area (Å²) >= 11 is 0. The summed E-state index contributed by atoms with van der Waals surface area (Å²) in [7, 11) is 0. The van der Waals surface area contributed by atoms with E-state index in [-0.39, 0.29) is 10.7 Å². The van der Waals surface area contributed by atoms with Crippen molar-refractivity contribution >= 4 is 0 Å². The van der Waals surface area contributed by atoms with Gasteiger partial charge in [-0.3, -0.25) is 0 Å². The summed E-state index contributed by atoms with van der Waals surface area (Å²) in [6.45, 7) is 2.79. The van der Waals surface area contributed by atoms with Gasteiger partial charge < -0.3 is 15.0 Å². The summed E-state index contributed by atoms with van der Waals surface area (Å²) in [4.78, 5) is 0. The second kappa shape index (κ2) is 4.53. The van der Waals surface area contributed by atoms with Crippen LogP contribution in [0.4, 0.5) is 0 Å². The van der Waals surface area contributed by atoms with E-state index < -0.39 is 6.10 Å². The first-order valence-corrected chi connectivity index (χ1v) is 5.90. The second-order valence-electron chi connectivity index (χ2n) is 4.86. The predicted molar refractivity (Wildman–Crippen MR) is 63.3 cm³/mol. The van der Waals surface area contributed by atoms with E-state index in [0.29, 0.717) is 13.1 Å². The van der Waals surface area contributed by atoms with Crippen molar-refractivity contribution in [2.45, 2.75) is 38.5 Å². The van der Waals surface area contributed by atoms with E-state index in [2.05, 4.69) is 0 Å². The van der Waals surface area contributed by atoms with E-state index in [1.54, 1.807) is 0 Å². The number of aliphatic hydroxyl groups excluding tert-OH is 1. The molecule has 1 aromatic rings. The average molecular weight is 221 g/mol. The minimum atomic E-state index is -0.433. The zero-order valence-corrected chi connectivity index (χ0v) is 9.67. The summed E-state index contributed by atoms with van der Waals surface area (Å²) in [5.74, 6) is 0. The van der Waals surface area contributed by atoms with Gasteiger partial charge in [0, 0.05) is 12.0 Å². The van der Waals surface area contributed by atoms with Crippen LogP contribution < -0.4 is 0 Å². The lowest BCUT2D eigenvalue weighted by Gasteiger charge is -2.51. The topological polar surface area (TPSA) is 43.3 Å². The highest BCUT2D eigenvalue weighted by Gasteiger charge is 2.33. The third-order valence-corrected chi connectivity index (χ3v) is 3.53. The van der Waals surface area contributed by atoms with Crippen molar-refractivity contribution in [3.8, 4) is 0 Å². The number of hydrogen-bond acceptors (Lipinski definition) is 2. The molecule has 2 rings (SSSR count). The molecule has 0 aromatic heterocycles. The van der Waals surface area contributed by atoms with Gasteiger partial charge in [0.15, 0.2) is 0 Å². The molecule has 1 aromatic carbocycles. The molecule has 3 heteroatoms. The van der Waals surface area contributed by atoms with Gasteiger partial charge in [-0.25, -0.2) is 0 Å². The molecule has 3 atom stereocenters. The van der Waals surface area contributed by atoms with Gasteiger partial charge >= 0.3 is 0 Å². The lowest BCUT2D eigenvalue weighted by molar-refractivity contribution is -0.924. The number of rotatable bonds is 2. The monoisotopic (exact) mass is 221 g/mol. The van der Waals surface area contributed by atoms with Crippen LogP contribution in [-0.4, -0.2) is 28.4 Å². The number of quaternary nitrogens is 1. The Labute approximate surface area is 96.5 Å². The highest BCUT2D eigenvalue weighted by molar-refractivity contribution is 5.13. The summed E-state index contributed by atoms with van der Waals surface area (Å²) in [6, 6.07) is 9.90. The third kappa shape index (κ3) is 2.43. The van der Waals surface area contributed by atoms with Gasteiger partial charge in [-0.15, -0.1) is 0 Å². The van der Waals surface area contributed by atoms with E-state index >= 15 is 0 Å². The maximum atomic E-state index is 12.6. The van der Waals surface area contributed by atoms with Gasteiger partial charge in [0.1, 0.15) is 19.2 Å². The summed E-state index contributed by atoms with van der Waals surface area (Å²) in [6.07, 6.45) is 1.15. The van der Waals surface area contributed by atoms with E-state index in [0.717, 1.165) is 18.4 Å². The largest absolute Gasteiger partial charge is 0.632 e. The van der Waals surface area contributed by atoms with Gasteiger partial charge in [0.2, 0.25) is 0 Å². The fourth-order valence-electron chi connectivity index (χ4n) is 2.41. The lowest BCUT2D eigenvalue weighted by Crippen LogP contribution is -2.55. The van der Waals surface area contributed by atoms with Crippen LogP contribution in [0.5, 0.6) is 0 Å². The Kier molecular flexibility index (Phi) is 3.28. The van der Waals surface area contributed by atoms with Crippen LogP contribution >= 0.6 is 0 Å². The molecule has 1 saturated heterocycles. The lowest BCUT2D eigenvalue weighted by atomic mass is 9.99. The number of nitrogens with zero attached hydrogens (tertiary/aromatic N) is 1. The maximum absolute atomic E-state index is 12.6. The van der Waals surface area contributed by atoms with Crippen LogP contribution in [0.3, 0.4) is 0 Å². The van der Waals surface area contributed by atoms with Crippen LogP contribution in [-0.2, 0) is 6.54 Å². The molecule has 0 amide bonds. The quantitative estimate of drug-likeness (QED) is 0.613. The Bertz CT molecular complexity index is 341. The van der Waals surface area contributed by atoms with E-state index in [1.165, 1.54) is 0 Å². The van der Waals surface area contributed by atoms with Gasteiger partial charge in [-0.2, -0.15) is 0 Å². The smallest absolute Gasteiger partial charge is 0.105 e. The van der Waals surface area contributed by atoms with Crippen molar-refractivity contribution in [1.29, 1.82) is 0 Å². The molecule has 1 heterocycles. The molecule has 88 valence electrons. The summed E-state index contributed by atoms with van der Waals surface area (Å²) in [5, 5.41) is 22.2. The number of aliphatic hydroxyl groups is 1. The first kappa shape index (κ1) is 11.6. The minimum absolute atomic E-state index is 0.0867. The van der Waals surface area contributed by atoms with Crippen molar-refractivity contribution in [2.24, 2.45) is 0 Å². The Balaban J connectivity index is 2.12. The van der Waals surface area contributed by atoms with Crippen LogP contribution in [0.25, 0.3) is 0 Å². The number of benzene rings is 1. The second-order valence-corrected chi connectivity index (χ2v) is 4.86. The standard InChI is InChI=1S/C13H19NO2/c1-11-7-8-13(15)10-14(11,16)9-12-5-3-2-4-6-12/h2-6,11,13,15H,7-10H2,1H3/t11-,13-,14+/m0/s1. The average Bonchev–Trinajstić information content (AvgIpc) is 2.25. The molecule has 16 heavy (non-hydrogen) atoms. The van der Waals surface area contributed by atoms with E-state index in [9.17, 15) is 10.3 Å². The third-order valence-electron chi connectivity index (χ3n) is 3.53. The molecule has 1 aliphatic rings. The van der Waals surface area contributed by atoms with E-state index in [1.807, 2.05) is 37.3 Å². The van der Waals surface area contributed by atoms with Crippen LogP contribution in [0.2, 0.25) is 0 Å². The molecule has 1 N–H and O–H groups in total. The molecule has 0 bridgehead atoms. The normalized spacial score (nSPS) is 34.9. The molecule has 0 aliphatic carbocycles. The maximum Gasteiger partial charge on any atom is 0.105 e. The van der Waals surface area contributed by atoms with Gasteiger partial charge in [0.25, 0.3) is 0 Å². The van der Waals surface area contributed by atoms with Crippen molar-refractivity contribution in [3.63, 3.8) is 0 Å². The predicted octanol–water partition coefficient (Wildman–Crippen LogP) is 2.04. The van der Waals surface area contributed by atoms with Crippen LogP contribution in [0.1, 0.15) is 25.3 Å². The van der Waals surface area contributed by atoms with Gasteiger partial charge in [-0.1, -0.05) is 30.3 Å². The van der Waals surface area contributed by atoms with Gasteiger partial charge in [0.05, 0.1) is 6.04 Å². The summed E-state index contributed by atoms with van der Waals surface area (Å²) in [5.41, 5.74) is 1.05. The Morgan fingerprint density at radius 2 is 2.00 bits per heavy atom. The van der Waals surface area contributed by atoms with Crippen LogP contribution in [0, 0.1) is 5.21 Å². The Hall–Kier alpha value is -0.900. The molecular weight excluding hydrogens is 202 g/mol. The highest BCUT2D eigenvalue weighted by atomic mass is 16.5. The first-order valence-electron chi connectivity index (χ1n) is 5.90. The first-order chi connectivity index (χ1) is 7.60. The Morgan fingerprint density at radius 3 is 2.69 bits per heavy atom. The van der Waals surface area contributed by atoms with Crippen molar-refractivity contribution in [2.75, 3.05) is 6.54 Å². The number of hydroxylamine groups is 3. The number of likely N-dealkylation sites (tertiary alicyclic amines) is 1. The van der Waals surface area contributed by atoms with Crippen molar-refractivity contribution in [3.05, 3.63) is 41.1 Å². The zero-order chi connectivity index (χ0) is 11.6.